The molecule has 1 aliphatic rings. The van der Waals surface area contributed by atoms with Gasteiger partial charge in [-0.05, 0) is 19.4 Å². The predicted molar refractivity (Wildman–Crippen MR) is 70.6 cm³/mol. The molecule has 0 aromatic carbocycles. The summed E-state index contributed by atoms with van der Waals surface area (Å²) in [4.78, 5) is 6.21. The number of thiazole rings is 1. The number of hydrogen-bond donors (Lipinski definition) is 0. The Morgan fingerprint density at radius 2 is 2.26 bits per heavy atom. The summed E-state index contributed by atoms with van der Waals surface area (Å²) in [5, 5.41) is 2.85. The van der Waals surface area contributed by atoms with Crippen molar-refractivity contribution in [1.29, 1.82) is 0 Å². The Kier molecular flexibility index (Phi) is 5.09. The largest absolute Gasteiger partial charge is 0.393 e. The molecule has 0 spiro atoms. The molecule has 1 aromatic rings. The molecular formula is C12H16ClF3N2S. The molecule has 2 heterocycles. The van der Waals surface area contributed by atoms with Gasteiger partial charge in [0.15, 0.2) is 0 Å². The van der Waals surface area contributed by atoms with Crippen LogP contribution in [0.2, 0.25) is 0 Å². The molecule has 1 unspecified atom stereocenters. The van der Waals surface area contributed by atoms with E-state index >= 15 is 0 Å². The summed E-state index contributed by atoms with van der Waals surface area (Å²) in [6, 6.07) is 0. The van der Waals surface area contributed by atoms with Crippen LogP contribution in [0.25, 0.3) is 0 Å². The molecule has 2 nitrogen and oxygen atoms in total. The maximum atomic E-state index is 12.7. The Labute approximate surface area is 119 Å². The number of likely N-dealkylation sites (tertiary alicyclic amines) is 1. The Balaban J connectivity index is 1.82. The van der Waals surface area contributed by atoms with Gasteiger partial charge in [0.2, 0.25) is 0 Å². The van der Waals surface area contributed by atoms with Crippen molar-refractivity contribution in [3.63, 3.8) is 0 Å². The lowest BCUT2D eigenvalue weighted by Crippen LogP contribution is -2.42. The quantitative estimate of drug-likeness (QED) is 0.788. The van der Waals surface area contributed by atoms with Gasteiger partial charge in [0, 0.05) is 24.9 Å². The molecule has 1 aromatic heterocycles. The minimum absolute atomic E-state index is 0.122. The second-order valence-corrected chi connectivity index (χ2v) is 6.01. The second kappa shape index (κ2) is 6.41. The predicted octanol–water partition coefficient (Wildman–Crippen LogP) is 3.70. The minimum atomic E-state index is -4.06. The van der Waals surface area contributed by atoms with Gasteiger partial charge in [-0.25, -0.2) is 4.98 Å². The highest BCUT2D eigenvalue weighted by Crippen LogP contribution is 2.33. The number of rotatable bonds is 4. The molecule has 1 atom stereocenters. The Bertz CT molecular complexity index is 408. The van der Waals surface area contributed by atoms with E-state index < -0.39 is 12.1 Å². The van der Waals surface area contributed by atoms with Crippen molar-refractivity contribution < 1.29 is 13.2 Å². The number of aromatic nitrogens is 1. The first-order valence-corrected chi connectivity index (χ1v) is 7.69. The molecule has 1 saturated heterocycles. The van der Waals surface area contributed by atoms with E-state index in [1.165, 1.54) is 11.3 Å². The van der Waals surface area contributed by atoms with Crippen LogP contribution in [-0.4, -0.2) is 35.7 Å². The average Bonchev–Trinajstić information content (AvgIpc) is 2.84. The fourth-order valence-electron chi connectivity index (χ4n) is 2.30. The zero-order valence-electron chi connectivity index (χ0n) is 10.4. The van der Waals surface area contributed by atoms with Gasteiger partial charge in [0.25, 0.3) is 0 Å². The summed E-state index contributed by atoms with van der Waals surface area (Å²) in [6.07, 6.45) is -2.49. The number of piperidine rings is 1. The second-order valence-electron chi connectivity index (χ2n) is 4.80. The Hall–Kier alpha value is -0.330. The molecule has 0 bridgehead atoms. The van der Waals surface area contributed by atoms with E-state index in [4.69, 9.17) is 11.6 Å². The van der Waals surface area contributed by atoms with Crippen LogP contribution in [0, 0.1) is 5.92 Å². The fraction of sp³-hybridized carbons (Fsp3) is 0.750. The first-order valence-electron chi connectivity index (χ1n) is 6.27. The lowest BCUT2D eigenvalue weighted by Gasteiger charge is -2.33. The van der Waals surface area contributed by atoms with E-state index in [0.29, 0.717) is 25.3 Å². The summed E-state index contributed by atoms with van der Waals surface area (Å²) in [6.45, 7) is 1.51. The molecule has 1 aliphatic heterocycles. The van der Waals surface area contributed by atoms with Crippen molar-refractivity contribution in [3.8, 4) is 0 Å². The van der Waals surface area contributed by atoms with Crippen molar-refractivity contribution in [1.82, 2.24) is 9.88 Å². The van der Waals surface area contributed by atoms with Gasteiger partial charge in [0.05, 0.1) is 22.5 Å². The van der Waals surface area contributed by atoms with Gasteiger partial charge >= 0.3 is 6.18 Å². The highest BCUT2D eigenvalue weighted by Gasteiger charge is 2.41. The van der Waals surface area contributed by atoms with Crippen LogP contribution in [0.5, 0.6) is 0 Å². The molecule has 0 saturated carbocycles. The third kappa shape index (κ3) is 4.33. The van der Waals surface area contributed by atoms with Crippen LogP contribution >= 0.6 is 22.9 Å². The number of halogens is 4. The molecule has 1 fully saturated rings. The molecule has 19 heavy (non-hydrogen) atoms. The van der Waals surface area contributed by atoms with Crippen LogP contribution < -0.4 is 0 Å². The Morgan fingerprint density at radius 1 is 1.47 bits per heavy atom. The SMILES string of the molecule is FC(F)(F)C1CCCN(CCc2nc(CCl)cs2)C1. The fourth-order valence-corrected chi connectivity index (χ4v) is 3.32. The van der Waals surface area contributed by atoms with Crippen molar-refractivity contribution in [2.45, 2.75) is 31.3 Å². The van der Waals surface area contributed by atoms with Crippen molar-refractivity contribution in [2.24, 2.45) is 5.92 Å². The molecule has 0 N–H and O–H groups in total. The van der Waals surface area contributed by atoms with Crippen LogP contribution in [0.15, 0.2) is 5.38 Å². The van der Waals surface area contributed by atoms with E-state index in [-0.39, 0.29) is 13.0 Å². The smallest absolute Gasteiger partial charge is 0.302 e. The lowest BCUT2D eigenvalue weighted by atomic mass is 9.97. The summed E-state index contributed by atoms with van der Waals surface area (Å²) < 4.78 is 38.0. The minimum Gasteiger partial charge on any atom is -0.302 e. The standard InChI is InChI=1S/C12H16ClF3N2S/c13-6-10-8-19-11(17-10)3-5-18-4-1-2-9(7-18)12(14,15)16/h8-9H,1-7H2. The first-order chi connectivity index (χ1) is 8.99. The van der Waals surface area contributed by atoms with Gasteiger partial charge in [-0.2, -0.15) is 13.2 Å². The van der Waals surface area contributed by atoms with Gasteiger partial charge in [-0.3, -0.25) is 0 Å². The van der Waals surface area contributed by atoms with Crippen molar-refractivity contribution >= 4 is 22.9 Å². The van der Waals surface area contributed by atoms with E-state index in [1.54, 1.807) is 0 Å². The summed E-state index contributed by atoms with van der Waals surface area (Å²) >= 11 is 7.19. The molecule has 0 amide bonds. The summed E-state index contributed by atoms with van der Waals surface area (Å²) in [5.74, 6) is -0.785. The van der Waals surface area contributed by atoms with Crippen LogP contribution in [0.4, 0.5) is 13.2 Å². The molecular weight excluding hydrogens is 297 g/mol. The summed E-state index contributed by atoms with van der Waals surface area (Å²) in [7, 11) is 0. The number of nitrogens with zero attached hydrogens (tertiary/aromatic N) is 2. The van der Waals surface area contributed by atoms with Gasteiger partial charge in [-0.1, -0.05) is 0 Å². The van der Waals surface area contributed by atoms with Crippen LogP contribution in [0.1, 0.15) is 23.5 Å². The van der Waals surface area contributed by atoms with Gasteiger partial charge < -0.3 is 4.90 Å². The molecule has 0 radical (unpaired) electrons. The van der Waals surface area contributed by atoms with Crippen LogP contribution in [-0.2, 0) is 12.3 Å². The first kappa shape index (κ1) is 15.1. The lowest BCUT2D eigenvalue weighted by molar-refractivity contribution is -0.186. The molecule has 108 valence electrons. The molecule has 7 heteroatoms. The number of alkyl halides is 4. The maximum Gasteiger partial charge on any atom is 0.393 e. The van der Waals surface area contributed by atoms with Gasteiger partial charge in [0.1, 0.15) is 0 Å². The zero-order valence-corrected chi connectivity index (χ0v) is 12.0. The van der Waals surface area contributed by atoms with E-state index in [1.807, 2.05) is 10.3 Å². The van der Waals surface area contributed by atoms with Crippen molar-refractivity contribution in [3.05, 3.63) is 16.1 Å². The monoisotopic (exact) mass is 312 g/mol. The van der Waals surface area contributed by atoms with Gasteiger partial charge in [-0.15, -0.1) is 22.9 Å². The zero-order chi connectivity index (χ0) is 13.9. The third-order valence-electron chi connectivity index (χ3n) is 3.35. The van der Waals surface area contributed by atoms with E-state index in [9.17, 15) is 13.2 Å². The molecule has 0 aliphatic carbocycles. The normalized spacial score (nSPS) is 21.8. The topological polar surface area (TPSA) is 16.1 Å². The highest BCUT2D eigenvalue weighted by atomic mass is 35.5. The van der Waals surface area contributed by atoms with E-state index in [0.717, 1.165) is 17.2 Å². The number of hydrogen-bond acceptors (Lipinski definition) is 3. The Morgan fingerprint density at radius 3 is 2.89 bits per heavy atom. The maximum absolute atomic E-state index is 12.7. The van der Waals surface area contributed by atoms with E-state index in [2.05, 4.69) is 4.98 Å². The van der Waals surface area contributed by atoms with Crippen molar-refractivity contribution in [2.75, 3.05) is 19.6 Å². The summed E-state index contributed by atoms with van der Waals surface area (Å²) in [5.41, 5.74) is 0.841. The van der Waals surface area contributed by atoms with Crippen LogP contribution in [0.3, 0.4) is 0 Å². The highest BCUT2D eigenvalue weighted by molar-refractivity contribution is 7.09. The third-order valence-corrected chi connectivity index (χ3v) is 4.58. The average molecular weight is 313 g/mol. The molecule has 2 rings (SSSR count).